The predicted octanol–water partition coefficient (Wildman–Crippen LogP) is 4.32. The Morgan fingerprint density at radius 2 is 1.67 bits per heavy atom. The van der Waals surface area contributed by atoms with Gasteiger partial charge in [-0.1, -0.05) is 50.1 Å². The molecule has 0 saturated heterocycles. The van der Waals surface area contributed by atoms with E-state index >= 15 is 0 Å². The molecule has 0 aliphatic heterocycles. The van der Waals surface area contributed by atoms with Crippen molar-refractivity contribution in [2.75, 3.05) is 11.9 Å². The van der Waals surface area contributed by atoms with Crippen LogP contribution in [0.25, 0.3) is 0 Å². The summed E-state index contributed by atoms with van der Waals surface area (Å²) < 4.78 is 2.12. The number of hydrogen-bond acceptors (Lipinski definition) is 2. The molecule has 0 amide bonds. The molecule has 0 saturated carbocycles. The van der Waals surface area contributed by atoms with Crippen molar-refractivity contribution in [1.82, 2.24) is 0 Å². The molecular weight excluding hydrogens is 356 g/mol. The maximum absolute atomic E-state index is 5.85. The molecule has 0 fully saturated rings. The van der Waals surface area contributed by atoms with Crippen LogP contribution in [0.1, 0.15) is 11.6 Å². The van der Waals surface area contributed by atoms with Gasteiger partial charge in [0, 0.05) is 21.2 Å². The number of rotatable bonds is 4. The molecule has 18 heavy (non-hydrogen) atoms. The first-order valence-corrected chi connectivity index (χ1v) is 7.25. The monoisotopic (exact) mass is 368 g/mol. The third-order valence-electron chi connectivity index (χ3n) is 2.65. The molecular formula is C14H14Br2N2. The number of nitrogens with one attached hydrogen (secondary N) is 1. The van der Waals surface area contributed by atoms with E-state index in [9.17, 15) is 0 Å². The fourth-order valence-corrected chi connectivity index (χ4v) is 2.60. The van der Waals surface area contributed by atoms with Crippen molar-refractivity contribution in [2.45, 2.75) is 6.04 Å². The van der Waals surface area contributed by atoms with Crippen molar-refractivity contribution in [3.05, 3.63) is 63.0 Å². The van der Waals surface area contributed by atoms with Crippen LogP contribution >= 0.6 is 31.9 Å². The van der Waals surface area contributed by atoms with E-state index in [1.807, 2.05) is 36.4 Å². The molecule has 0 bridgehead atoms. The van der Waals surface area contributed by atoms with E-state index in [1.54, 1.807) is 0 Å². The average molecular weight is 370 g/mol. The van der Waals surface area contributed by atoms with Gasteiger partial charge in [0.25, 0.3) is 0 Å². The van der Waals surface area contributed by atoms with Gasteiger partial charge in [-0.15, -0.1) is 0 Å². The van der Waals surface area contributed by atoms with E-state index in [4.69, 9.17) is 5.73 Å². The lowest BCUT2D eigenvalue weighted by molar-refractivity contribution is 0.789. The zero-order chi connectivity index (χ0) is 13.0. The van der Waals surface area contributed by atoms with E-state index in [0.717, 1.165) is 14.6 Å². The molecule has 4 heteroatoms. The van der Waals surface area contributed by atoms with Gasteiger partial charge in [-0.3, -0.25) is 0 Å². The SMILES string of the molecule is NCC(Nc1cccc(Br)c1)c1cccc(Br)c1. The number of benzene rings is 2. The summed E-state index contributed by atoms with van der Waals surface area (Å²) >= 11 is 6.94. The van der Waals surface area contributed by atoms with Gasteiger partial charge in [-0.05, 0) is 35.9 Å². The van der Waals surface area contributed by atoms with Gasteiger partial charge in [0.2, 0.25) is 0 Å². The van der Waals surface area contributed by atoms with E-state index in [0.29, 0.717) is 6.54 Å². The highest BCUT2D eigenvalue weighted by atomic mass is 79.9. The number of nitrogens with two attached hydrogens (primary N) is 1. The smallest absolute Gasteiger partial charge is 0.0636 e. The van der Waals surface area contributed by atoms with Gasteiger partial charge in [-0.25, -0.2) is 0 Å². The zero-order valence-corrected chi connectivity index (χ0v) is 12.9. The van der Waals surface area contributed by atoms with Gasteiger partial charge < -0.3 is 11.1 Å². The number of hydrogen-bond donors (Lipinski definition) is 2. The third kappa shape index (κ3) is 3.57. The van der Waals surface area contributed by atoms with E-state index in [-0.39, 0.29) is 6.04 Å². The molecule has 1 atom stereocenters. The molecule has 0 aromatic heterocycles. The average Bonchev–Trinajstić information content (AvgIpc) is 2.36. The quantitative estimate of drug-likeness (QED) is 0.841. The highest BCUT2D eigenvalue weighted by molar-refractivity contribution is 9.10. The molecule has 0 radical (unpaired) electrons. The molecule has 0 spiro atoms. The van der Waals surface area contributed by atoms with Crippen LogP contribution in [-0.4, -0.2) is 6.54 Å². The van der Waals surface area contributed by atoms with E-state index < -0.39 is 0 Å². The lowest BCUT2D eigenvalue weighted by Crippen LogP contribution is -2.20. The van der Waals surface area contributed by atoms with Gasteiger partial charge in [-0.2, -0.15) is 0 Å². The predicted molar refractivity (Wildman–Crippen MR) is 83.7 cm³/mol. The van der Waals surface area contributed by atoms with Crippen molar-refractivity contribution in [3.8, 4) is 0 Å². The standard InChI is InChI=1S/C14H14Br2N2/c15-11-4-1-3-10(7-11)14(9-17)18-13-6-2-5-12(16)8-13/h1-8,14,18H,9,17H2. The van der Waals surface area contributed by atoms with Crippen molar-refractivity contribution in [2.24, 2.45) is 5.73 Å². The molecule has 2 aromatic carbocycles. The molecule has 3 N–H and O–H groups in total. The Kier molecular flexibility index (Phi) is 4.80. The van der Waals surface area contributed by atoms with Crippen LogP contribution in [0, 0.1) is 0 Å². The second kappa shape index (κ2) is 6.36. The first-order chi connectivity index (χ1) is 8.69. The molecule has 2 nitrogen and oxygen atoms in total. The Labute approximate surface area is 124 Å². The third-order valence-corrected chi connectivity index (χ3v) is 3.64. The molecule has 1 unspecified atom stereocenters. The molecule has 2 rings (SSSR count). The summed E-state index contributed by atoms with van der Waals surface area (Å²) in [6.45, 7) is 0.545. The summed E-state index contributed by atoms with van der Waals surface area (Å²) in [5, 5.41) is 3.44. The first-order valence-electron chi connectivity index (χ1n) is 5.66. The fraction of sp³-hybridized carbons (Fsp3) is 0.143. The van der Waals surface area contributed by atoms with Crippen LogP contribution in [0.15, 0.2) is 57.5 Å². The van der Waals surface area contributed by atoms with Crippen LogP contribution in [0.2, 0.25) is 0 Å². The maximum Gasteiger partial charge on any atom is 0.0636 e. The Balaban J connectivity index is 2.19. The second-order valence-corrected chi connectivity index (χ2v) is 5.83. The minimum Gasteiger partial charge on any atom is -0.377 e. The summed E-state index contributed by atoms with van der Waals surface area (Å²) in [7, 11) is 0. The fourth-order valence-electron chi connectivity index (χ4n) is 1.78. The summed E-state index contributed by atoms with van der Waals surface area (Å²) in [4.78, 5) is 0. The van der Waals surface area contributed by atoms with Crippen LogP contribution in [0.4, 0.5) is 5.69 Å². The highest BCUT2D eigenvalue weighted by Crippen LogP contribution is 2.23. The Morgan fingerprint density at radius 1 is 1.00 bits per heavy atom. The normalized spacial score (nSPS) is 12.2. The Hall–Kier alpha value is -0.840. The molecule has 0 aliphatic rings. The van der Waals surface area contributed by atoms with E-state index in [2.05, 4.69) is 49.3 Å². The van der Waals surface area contributed by atoms with Crippen molar-refractivity contribution in [3.63, 3.8) is 0 Å². The summed E-state index contributed by atoms with van der Waals surface area (Å²) in [6.07, 6.45) is 0. The van der Waals surface area contributed by atoms with Gasteiger partial charge >= 0.3 is 0 Å². The van der Waals surface area contributed by atoms with Crippen LogP contribution < -0.4 is 11.1 Å². The summed E-state index contributed by atoms with van der Waals surface area (Å²) in [6, 6.07) is 16.4. The van der Waals surface area contributed by atoms with Gasteiger partial charge in [0.1, 0.15) is 0 Å². The lowest BCUT2D eigenvalue weighted by Gasteiger charge is -2.19. The first kappa shape index (κ1) is 13.6. The molecule has 2 aromatic rings. The summed E-state index contributed by atoms with van der Waals surface area (Å²) in [5.74, 6) is 0. The molecule has 94 valence electrons. The Bertz CT molecular complexity index is 529. The maximum atomic E-state index is 5.85. The minimum atomic E-state index is 0.108. The van der Waals surface area contributed by atoms with Crippen molar-refractivity contribution < 1.29 is 0 Å². The molecule has 0 heterocycles. The number of anilines is 1. The van der Waals surface area contributed by atoms with Crippen LogP contribution in [-0.2, 0) is 0 Å². The molecule has 0 aliphatic carbocycles. The Morgan fingerprint density at radius 3 is 2.28 bits per heavy atom. The van der Waals surface area contributed by atoms with Crippen molar-refractivity contribution >= 4 is 37.5 Å². The van der Waals surface area contributed by atoms with E-state index in [1.165, 1.54) is 5.56 Å². The van der Waals surface area contributed by atoms with Gasteiger partial charge in [0.05, 0.1) is 6.04 Å². The summed E-state index contributed by atoms with van der Waals surface area (Å²) in [5.41, 5.74) is 8.08. The number of halogens is 2. The van der Waals surface area contributed by atoms with Gasteiger partial charge in [0.15, 0.2) is 0 Å². The van der Waals surface area contributed by atoms with Crippen LogP contribution in [0.5, 0.6) is 0 Å². The lowest BCUT2D eigenvalue weighted by atomic mass is 10.1. The minimum absolute atomic E-state index is 0.108. The highest BCUT2D eigenvalue weighted by Gasteiger charge is 2.09. The zero-order valence-electron chi connectivity index (χ0n) is 9.74. The largest absolute Gasteiger partial charge is 0.377 e. The topological polar surface area (TPSA) is 38.0 Å². The van der Waals surface area contributed by atoms with Crippen molar-refractivity contribution in [1.29, 1.82) is 0 Å². The second-order valence-electron chi connectivity index (χ2n) is 4.00. The van der Waals surface area contributed by atoms with Crippen LogP contribution in [0.3, 0.4) is 0 Å².